The van der Waals surface area contributed by atoms with Crippen LogP contribution in [0.15, 0.2) is 75.2 Å². The molecule has 4 rings (SSSR count). The van der Waals surface area contributed by atoms with Gasteiger partial charge in [-0.2, -0.15) is 0 Å². The van der Waals surface area contributed by atoms with Crippen molar-refractivity contribution >= 4 is 39.2 Å². The third-order valence-corrected chi connectivity index (χ3v) is 5.01. The zero-order chi connectivity index (χ0) is 19.8. The van der Waals surface area contributed by atoms with Crippen molar-refractivity contribution in [2.75, 3.05) is 4.90 Å². The summed E-state index contributed by atoms with van der Waals surface area (Å²) in [5.41, 5.74) is 1.12. The molecule has 0 unspecified atom stereocenters. The lowest BCUT2D eigenvalue weighted by molar-refractivity contribution is -0.132. The van der Waals surface area contributed by atoms with Gasteiger partial charge in [0, 0.05) is 16.1 Å². The molecule has 0 aliphatic carbocycles. The third-order valence-electron chi connectivity index (χ3n) is 4.52. The van der Waals surface area contributed by atoms with Crippen LogP contribution in [0, 0.1) is 6.92 Å². The molecule has 1 aromatic heterocycles. The van der Waals surface area contributed by atoms with Gasteiger partial charge in [0.1, 0.15) is 11.5 Å². The number of aliphatic hydroxyl groups is 1. The van der Waals surface area contributed by atoms with Gasteiger partial charge in [-0.3, -0.25) is 14.5 Å². The van der Waals surface area contributed by atoms with Crippen LogP contribution >= 0.6 is 15.9 Å². The molecule has 2 aromatic carbocycles. The van der Waals surface area contributed by atoms with Crippen molar-refractivity contribution < 1.29 is 19.2 Å². The summed E-state index contributed by atoms with van der Waals surface area (Å²) in [6.45, 7) is 1.70. The number of hydrogen-bond donors (Lipinski definition) is 1. The van der Waals surface area contributed by atoms with Crippen LogP contribution in [0.2, 0.25) is 0 Å². The summed E-state index contributed by atoms with van der Waals surface area (Å²) in [7, 11) is 0. The first-order valence-corrected chi connectivity index (χ1v) is 9.32. The SMILES string of the molecule is Cc1cc(N2C(=O)C(=O)/C(=C(/O)c3ccccc3)[C@H]2c2cccc(Br)c2)no1. The molecule has 1 N–H and O–H groups in total. The molecular formula is C21H15BrN2O4. The number of anilines is 1. The Kier molecular flexibility index (Phi) is 4.60. The van der Waals surface area contributed by atoms with E-state index in [0.29, 0.717) is 16.9 Å². The molecule has 1 aliphatic heterocycles. The van der Waals surface area contributed by atoms with E-state index in [1.54, 1.807) is 61.5 Å². The van der Waals surface area contributed by atoms with Crippen LogP contribution in [0.25, 0.3) is 5.76 Å². The number of carbonyl (C=O) groups is 2. The van der Waals surface area contributed by atoms with Crippen LogP contribution in [0.4, 0.5) is 5.82 Å². The maximum atomic E-state index is 12.9. The predicted molar refractivity (Wildman–Crippen MR) is 107 cm³/mol. The fraction of sp³-hybridized carbons (Fsp3) is 0.0952. The highest BCUT2D eigenvalue weighted by atomic mass is 79.9. The second-order valence-corrected chi connectivity index (χ2v) is 7.30. The van der Waals surface area contributed by atoms with E-state index in [4.69, 9.17) is 4.52 Å². The van der Waals surface area contributed by atoms with Gasteiger partial charge in [0.2, 0.25) is 0 Å². The van der Waals surface area contributed by atoms with Crippen molar-refractivity contribution in [3.63, 3.8) is 0 Å². The highest BCUT2D eigenvalue weighted by molar-refractivity contribution is 9.10. The van der Waals surface area contributed by atoms with Crippen LogP contribution in [-0.4, -0.2) is 22.0 Å². The Morgan fingerprint density at radius 3 is 2.50 bits per heavy atom. The standard InChI is InChI=1S/C21H15BrN2O4/c1-12-10-16(23-28-12)24-18(14-8-5-9-15(22)11-14)17(20(26)21(24)27)19(25)13-6-3-2-4-7-13/h2-11,18,25H,1H3/b19-17+/t18-/m1/s1. The number of halogens is 1. The molecule has 1 fully saturated rings. The van der Waals surface area contributed by atoms with E-state index in [-0.39, 0.29) is 17.2 Å². The van der Waals surface area contributed by atoms with Crippen LogP contribution in [0.3, 0.4) is 0 Å². The van der Waals surface area contributed by atoms with Crippen LogP contribution in [0.5, 0.6) is 0 Å². The average Bonchev–Trinajstić information content (AvgIpc) is 3.23. The number of Topliss-reactive ketones (excluding diaryl/α,β-unsaturated/α-hetero) is 1. The number of rotatable bonds is 3. The fourth-order valence-corrected chi connectivity index (χ4v) is 3.70. The third kappa shape index (κ3) is 3.03. The first-order chi connectivity index (χ1) is 13.5. The minimum Gasteiger partial charge on any atom is -0.507 e. The number of nitrogens with zero attached hydrogens (tertiary/aromatic N) is 2. The Labute approximate surface area is 169 Å². The number of aromatic nitrogens is 1. The normalized spacial score (nSPS) is 18.6. The van der Waals surface area contributed by atoms with Gasteiger partial charge in [-0.1, -0.05) is 63.6 Å². The lowest BCUT2D eigenvalue weighted by Gasteiger charge is -2.23. The molecule has 0 spiro atoms. The van der Waals surface area contributed by atoms with Crippen LogP contribution in [-0.2, 0) is 9.59 Å². The van der Waals surface area contributed by atoms with E-state index < -0.39 is 17.7 Å². The molecule has 7 heteroatoms. The van der Waals surface area contributed by atoms with Gasteiger partial charge in [0.15, 0.2) is 5.82 Å². The second kappa shape index (κ2) is 7.09. The zero-order valence-corrected chi connectivity index (χ0v) is 16.4. The molecule has 2 heterocycles. The van der Waals surface area contributed by atoms with Gasteiger partial charge >= 0.3 is 5.91 Å². The number of ketones is 1. The topological polar surface area (TPSA) is 83.6 Å². The highest BCUT2D eigenvalue weighted by Crippen LogP contribution is 2.42. The quantitative estimate of drug-likeness (QED) is 0.372. The molecule has 28 heavy (non-hydrogen) atoms. The second-order valence-electron chi connectivity index (χ2n) is 6.39. The van der Waals surface area contributed by atoms with Gasteiger partial charge in [0.25, 0.3) is 5.78 Å². The summed E-state index contributed by atoms with van der Waals surface area (Å²) in [6.07, 6.45) is 0. The molecule has 1 atom stereocenters. The highest BCUT2D eigenvalue weighted by Gasteiger charge is 2.48. The van der Waals surface area contributed by atoms with Crippen molar-refractivity contribution in [1.82, 2.24) is 5.16 Å². The lowest BCUT2D eigenvalue weighted by atomic mass is 9.95. The van der Waals surface area contributed by atoms with Gasteiger partial charge in [0.05, 0.1) is 11.6 Å². The van der Waals surface area contributed by atoms with E-state index in [1.165, 1.54) is 4.90 Å². The Balaban J connectivity index is 1.96. The molecule has 0 saturated carbocycles. The van der Waals surface area contributed by atoms with E-state index in [2.05, 4.69) is 21.1 Å². The smallest absolute Gasteiger partial charge is 0.301 e. The summed E-state index contributed by atoms with van der Waals surface area (Å²) in [5.74, 6) is -1.04. The molecule has 0 bridgehead atoms. The number of amides is 1. The number of hydrogen-bond acceptors (Lipinski definition) is 5. The molecule has 0 radical (unpaired) electrons. The first kappa shape index (κ1) is 18.2. The monoisotopic (exact) mass is 438 g/mol. The summed E-state index contributed by atoms with van der Waals surface area (Å²) in [6, 6.07) is 16.7. The van der Waals surface area contributed by atoms with Crippen LogP contribution in [0.1, 0.15) is 22.9 Å². The van der Waals surface area contributed by atoms with E-state index in [0.717, 1.165) is 4.47 Å². The van der Waals surface area contributed by atoms with Gasteiger partial charge in [-0.15, -0.1) is 0 Å². The fourth-order valence-electron chi connectivity index (χ4n) is 3.28. The Morgan fingerprint density at radius 1 is 1.11 bits per heavy atom. The van der Waals surface area contributed by atoms with Gasteiger partial charge < -0.3 is 9.63 Å². The first-order valence-electron chi connectivity index (χ1n) is 8.52. The average molecular weight is 439 g/mol. The molecule has 140 valence electrons. The molecular weight excluding hydrogens is 424 g/mol. The molecule has 1 aliphatic rings. The summed E-state index contributed by atoms with van der Waals surface area (Å²) < 4.78 is 5.89. The Morgan fingerprint density at radius 2 is 1.86 bits per heavy atom. The number of carbonyl (C=O) groups excluding carboxylic acids is 2. The van der Waals surface area contributed by atoms with Crippen molar-refractivity contribution in [2.24, 2.45) is 0 Å². The minimum atomic E-state index is -0.831. The Hall–Kier alpha value is -3.19. The number of aliphatic hydroxyl groups excluding tert-OH is 1. The van der Waals surface area contributed by atoms with E-state index in [9.17, 15) is 14.7 Å². The molecule has 1 amide bonds. The molecule has 6 nitrogen and oxygen atoms in total. The van der Waals surface area contributed by atoms with Crippen LogP contribution < -0.4 is 4.90 Å². The molecule has 3 aromatic rings. The zero-order valence-electron chi connectivity index (χ0n) is 14.8. The van der Waals surface area contributed by atoms with E-state index in [1.807, 2.05) is 6.07 Å². The summed E-state index contributed by atoms with van der Waals surface area (Å²) >= 11 is 3.42. The van der Waals surface area contributed by atoms with Crippen molar-refractivity contribution in [3.8, 4) is 0 Å². The van der Waals surface area contributed by atoms with Gasteiger partial charge in [-0.05, 0) is 24.6 Å². The number of benzene rings is 2. The molecule has 1 saturated heterocycles. The van der Waals surface area contributed by atoms with Crippen molar-refractivity contribution in [3.05, 3.63) is 87.6 Å². The Bertz CT molecular complexity index is 1100. The maximum Gasteiger partial charge on any atom is 0.301 e. The minimum absolute atomic E-state index is 0.00922. The lowest BCUT2D eigenvalue weighted by Crippen LogP contribution is -2.29. The van der Waals surface area contributed by atoms with E-state index >= 15 is 0 Å². The van der Waals surface area contributed by atoms with Gasteiger partial charge in [-0.25, -0.2) is 0 Å². The number of aryl methyl sites for hydroxylation is 1. The van der Waals surface area contributed by atoms with Crippen molar-refractivity contribution in [2.45, 2.75) is 13.0 Å². The summed E-state index contributed by atoms with van der Waals surface area (Å²) in [5, 5.41) is 14.8. The predicted octanol–water partition coefficient (Wildman–Crippen LogP) is 4.37. The van der Waals surface area contributed by atoms with Crippen molar-refractivity contribution in [1.29, 1.82) is 0 Å². The maximum absolute atomic E-state index is 12.9. The largest absolute Gasteiger partial charge is 0.507 e. The summed E-state index contributed by atoms with van der Waals surface area (Å²) in [4.78, 5) is 27.0.